The van der Waals surface area contributed by atoms with Crippen LogP contribution in [-0.4, -0.2) is 56.5 Å². The lowest BCUT2D eigenvalue weighted by Gasteiger charge is -2.37. The molecule has 22 heavy (non-hydrogen) atoms. The van der Waals surface area contributed by atoms with E-state index in [0.29, 0.717) is 0 Å². The number of ether oxygens (including phenoxy) is 5. The summed E-state index contributed by atoms with van der Waals surface area (Å²) < 4.78 is 51.7. The Balaban J connectivity index is 1.81. The lowest BCUT2D eigenvalue weighted by Crippen LogP contribution is -2.55. The molecule has 9 heteroatoms. The van der Waals surface area contributed by atoms with Crippen molar-refractivity contribution in [2.45, 2.75) is 76.4 Å². The highest BCUT2D eigenvalue weighted by molar-refractivity contribution is 8.13. The van der Waals surface area contributed by atoms with Crippen molar-refractivity contribution in [3.8, 4) is 0 Å². The Kier molecular flexibility index (Phi) is 4.04. The minimum Gasteiger partial charge on any atom is -0.344 e. The third kappa shape index (κ3) is 3.43. The standard InChI is InChI=1S/C13H21ClO7S/c1-12(2)18-8-7(5-6-22(14,15)16)17-11-10(9(8)19-12)20-13(3,4)21-11/h7-11H,5-6H2,1-4H3/t7-,8+,9+,10-,11-/m1/s1. The fourth-order valence-corrected chi connectivity index (χ4v) is 3.96. The first-order valence-corrected chi connectivity index (χ1v) is 9.73. The Morgan fingerprint density at radius 3 is 2.09 bits per heavy atom. The van der Waals surface area contributed by atoms with E-state index >= 15 is 0 Å². The topological polar surface area (TPSA) is 80.3 Å². The van der Waals surface area contributed by atoms with Crippen molar-refractivity contribution >= 4 is 19.7 Å². The highest BCUT2D eigenvalue weighted by Gasteiger charge is 2.60. The molecule has 0 aromatic carbocycles. The van der Waals surface area contributed by atoms with E-state index in [0.717, 1.165) is 0 Å². The van der Waals surface area contributed by atoms with Gasteiger partial charge in [-0.3, -0.25) is 0 Å². The fourth-order valence-electron chi connectivity index (χ4n) is 3.18. The minimum atomic E-state index is -3.60. The summed E-state index contributed by atoms with van der Waals surface area (Å²) in [5.74, 6) is -1.78. The van der Waals surface area contributed by atoms with E-state index in [2.05, 4.69) is 0 Å². The summed E-state index contributed by atoms with van der Waals surface area (Å²) in [7, 11) is 1.69. The maximum atomic E-state index is 11.2. The van der Waals surface area contributed by atoms with E-state index in [4.69, 9.17) is 34.4 Å². The van der Waals surface area contributed by atoms with Crippen molar-refractivity contribution in [1.82, 2.24) is 0 Å². The van der Waals surface area contributed by atoms with Gasteiger partial charge < -0.3 is 23.7 Å². The Hall–Kier alpha value is 0.0400. The number of halogens is 1. The second-order valence-electron chi connectivity index (χ2n) is 6.74. The molecular weight excluding hydrogens is 336 g/mol. The van der Waals surface area contributed by atoms with Crippen LogP contribution in [-0.2, 0) is 32.7 Å². The molecule has 0 bridgehead atoms. The highest BCUT2D eigenvalue weighted by atomic mass is 35.7. The van der Waals surface area contributed by atoms with Crippen LogP contribution in [0.15, 0.2) is 0 Å². The summed E-state index contributed by atoms with van der Waals surface area (Å²) in [4.78, 5) is 0. The fraction of sp³-hybridized carbons (Fsp3) is 1.00. The van der Waals surface area contributed by atoms with Gasteiger partial charge in [0.2, 0.25) is 9.05 Å². The molecule has 5 atom stereocenters. The van der Waals surface area contributed by atoms with Gasteiger partial charge in [-0.25, -0.2) is 8.42 Å². The van der Waals surface area contributed by atoms with Gasteiger partial charge >= 0.3 is 0 Å². The van der Waals surface area contributed by atoms with Crippen LogP contribution in [0.5, 0.6) is 0 Å². The molecule has 0 amide bonds. The van der Waals surface area contributed by atoms with E-state index in [1.165, 1.54) is 0 Å². The third-order valence-corrected chi connectivity index (χ3v) is 5.08. The van der Waals surface area contributed by atoms with Gasteiger partial charge in [-0.1, -0.05) is 0 Å². The predicted molar refractivity (Wildman–Crippen MR) is 76.8 cm³/mol. The van der Waals surface area contributed by atoms with Crippen molar-refractivity contribution in [3.63, 3.8) is 0 Å². The number of hydrogen-bond donors (Lipinski definition) is 0. The van der Waals surface area contributed by atoms with E-state index < -0.39 is 45.2 Å². The first-order chi connectivity index (χ1) is 9.96. The normalized spacial score (nSPS) is 42.9. The van der Waals surface area contributed by atoms with E-state index in [9.17, 15) is 8.42 Å². The monoisotopic (exact) mass is 356 g/mol. The van der Waals surface area contributed by atoms with Gasteiger partial charge in [-0.2, -0.15) is 0 Å². The summed E-state index contributed by atoms with van der Waals surface area (Å²) in [6.07, 6.45) is -2.11. The second kappa shape index (κ2) is 5.27. The van der Waals surface area contributed by atoms with Crippen LogP contribution in [0.1, 0.15) is 34.1 Å². The Morgan fingerprint density at radius 2 is 1.45 bits per heavy atom. The lowest BCUT2D eigenvalue weighted by atomic mass is 9.97. The zero-order valence-corrected chi connectivity index (χ0v) is 14.5. The summed E-state index contributed by atoms with van der Waals surface area (Å²) in [6.45, 7) is 7.19. The zero-order chi connectivity index (χ0) is 16.3. The van der Waals surface area contributed by atoms with Crippen LogP contribution in [0.25, 0.3) is 0 Å². The van der Waals surface area contributed by atoms with Crippen LogP contribution in [0.3, 0.4) is 0 Å². The maximum absolute atomic E-state index is 11.2. The quantitative estimate of drug-likeness (QED) is 0.706. The molecule has 3 aliphatic heterocycles. The third-order valence-electron chi connectivity index (χ3n) is 3.90. The van der Waals surface area contributed by atoms with Crippen LogP contribution < -0.4 is 0 Å². The molecule has 0 N–H and O–H groups in total. The van der Waals surface area contributed by atoms with E-state index in [-0.39, 0.29) is 18.3 Å². The summed E-state index contributed by atoms with van der Waals surface area (Å²) in [5, 5.41) is 0. The molecule has 3 saturated heterocycles. The molecule has 0 aliphatic carbocycles. The molecule has 7 nitrogen and oxygen atoms in total. The van der Waals surface area contributed by atoms with Gasteiger partial charge in [0, 0.05) is 10.7 Å². The molecule has 3 rings (SSSR count). The molecule has 3 fully saturated rings. The van der Waals surface area contributed by atoms with Gasteiger partial charge in [-0.05, 0) is 34.1 Å². The largest absolute Gasteiger partial charge is 0.344 e. The second-order valence-corrected chi connectivity index (χ2v) is 9.64. The molecule has 0 unspecified atom stereocenters. The number of fused-ring (bicyclic) bond motifs is 3. The van der Waals surface area contributed by atoms with Gasteiger partial charge in [0.15, 0.2) is 17.9 Å². The minimum absolute atomic E-state index is 0.201. The molecule has 0 aromatic rings. The van der Waals surface area contributed by atoms with Crippen LogP contribution in [0.4, 0.5) is 0 Å². The molecule has 0 spiro atoms. The molecule has 128 valence electrons. The summed E-state index contributed by atoms with van der Waals surface area (Å²) >= 11 is 0. The Bertz CT molecular complexity index is 547. The average Bonchev–Trinajstić information content (AvgIpc) is 2.79. The number of rotatable bonds is 3. The molecule has 3 aliphatic rings. The molecule has 0 aromatic heterocycles. The summed E-state index contributed by atoms with van der Waals surface area (Å²) in [5.41, 5.74) is 0. The van der Waals surface area contributed by atoms with Gasteiger partial charge in [-0.15, -0.1) is 0 Å². The Morgan fingerprint density at radius 1 is 0.909 bits per heavy atom. The van der Waals surface area contributed by atoms with Crippen molar-refractivity contribution in [2.75, 3.05) is 5.75 Å². The van der Waals surface area contributed by atoms with Gasteiger partial charge in [0.1, 0.15) is 18.3 Å². The first kappa shape index (κ1) is 16.9. The lowest BCUT2D eigenvalue weighted by molar-refractivity contribution is -0.233. The molecular formula is C13H21ClO7S. The summed E-state index contributed by atoms with van der Waals surface area (Å²) in [6, 6.07) is 0. The van der Waals surface area contributed by atoms with Crippen molar-refractivity contribution in [1.29, 1.82) is 0 Å². The van der Waals surface area contributed by atoms with E-state index in [1.54, 1.807) is 27.7 Å². The van der Waals surface area contributed by atoms with Crippen molar-refractivity contribution in [2.24, 2.45) is 0 Å². The number of hydrogen-bond acceptors (Lipinski definition) is 7. The SMILES string of the molecule is CC1(C)O[C@H]2[C@@H](O1)[C@@H](CCS(=O)(=O)Cl)O[C@@H]1OC(C)(C)O[C@@H]12. The highest BCUT2D eigenvalue weighted by Crippen LogP contribution is 2.44. The molecule has 3 heterocycles. The molecule has 0 radical (unpaired) electrons. The van der Waals surface area contributed by atoms with E-state index in [1.807, 2.05) is 0 Å². The molecule has 0 saturated carbocycles. The van der Waals surface area contributed by atoms with Crippen LogP contribution >= 0.6 is 10.7 Å². The van der Waals surface area contributed by atoms with Crippen LogP contribution in [0.2, 0.25) is 0 Å². The van der Waals surface area contributed by atoms with Crippen molar-refractivity contribution in [3.05, 3.63) is 0 Å². The van der Waals surface area contributed by atoms with Crippen molar-refractivity contribution < 1.29 is 32.1 Å². The van der Waals surface area contributed by atoms with Gasteiger partial charge in [0.25, 0.3) is 0 Å². The predicted octanol–water partition coefficient (Wildman–Crippen LogP) is 1.34. The zero-order valence-electron chi connectivity index (χ0n) is 12.9. The van der Waals surface area contributed by atoms with Gasteiger partial charge in [0.05, 0.1) is 11.9 Å². The average molecular weight is 357 g/mol. The first-order valence-electron chi connectivity index (χ1n) is 7.25. The maximum Gasteiger partial charge on any atom is 0.232 e. The Labute approximate surface area is 134 Å². The smallest absolute Gasteiger partial charge is 0.232 e. The van der Waals surface area contributed by atoms with Crippen LogP contribution in [0, 0.1) is 0 Å².